The van der Waals surface area contributed by atoms with Gasteiger partial charge in [0.2, 0.25) is 11.7 Å². The van der Waals surface area contributed by atoms with Crippen LogP contribution in [0.3, 0.4) is 0 Å². The summed E-state index contributed by atoms with van der Waals surface area (Å²) < 4.78 is 12.8. The molecule has 0 aromatic heterocycles. The maximum absolute atomic E-state index is 12.8. The quantitative estimate of drug-likeness (QED) is 0.535. The third-order valence-corrected chi connectivity index (χ3v) is 1.81. The molecule has 1 rings (SSSR count). The van der Waals surface area contributed by atoms with E-state index < -0.39 is 17.1 Å². The molecular formula is C9H12FNO2. The third kappa shape index (κ3) is 1.94. The van der Waals surface area contributed by atoms with E-state index in [1.54, 1.807) is 20.8 Å². The molecule has 0 aromatic rings. The summed E-state index contributed by atoms with van der Waals surface area (Å²) in [7, 11) is 0. The second-order valence-corrected chi connectivity index (χ2v) is 4.01. The molecule has 0 aromatic carbocycles. The van der Waals surface area contributed by atoms with Crippen LogP contribution in [0.1, 0.15) is 27.2 Å². The van der Waals surface area contributed by atoms with Crippen molar-refractivity contribution in [1.29, 1.82) is 0 Å². The van der Waals surface area contributed by atoms with Gasteiger partial charge >= 0.3 is 0 Å². The molecule has 0 fully saturated rings. The summed E-state index contributed by atoms with van der Waals surface area (Å²) in [6.45, 7) is 5.35. The number of Topliss-reactive ketones (excluding diaryl/α,β-unsaturated/α-hetero) is 1. The lowest BCUT2D eigenvalue weighted by molar-refractivity contribution is -0.137. The average molecular weight is 185 g/mol. The SMILES string of the molecule is CC(C)(C)N1C=C(F)C(=O)CC1=O. The van der Waals surface area contributed by atoms with Crippen molar-refractivity contribution in [2.75, 3.05) is 0 Å². The number of ketones is 1. The molecule has 1 aliphatic heterocycles. The average Bonchev–Trinajstić information content (AvgIpc) is 1.94. The number of amides is 1. The Morgan fingerprint density at radius 2 is 1.92 bits per heavy atom. The number of rotatable bonds is 0. The normalized spacial score (nSPS) is 19.1. The van der Waals surface area contributed by atoms with Gasteiger partial charge in [-0.15, -0.1) is 0 Å². The topological polar surface area (TPSA) is 37.4 Å². The van der Waals surface area contributed by atoms with Gasteiger partial charge in [-0.1, -0.05) is 0 Å². The number of hydrogen-bond donors (Lipinski definition) is 0. The van der Waals surface area contributed by atoms with E-state index in [0.29, 0.717) is 0 Å². The van der Waals surface area contributed by atoms with Gasteiger partial charge in [0.1, 0.15) is 0 Å². The van der Waals surface area contributed by atoms with Crippen molar-refractivity contribution in [3.05, 3.63) is 12.0 Å². The van der Waals surface area contributed by atoms with E-state index in [1.807, 2.05) is 0 Å². The maximum atomic E-state index is 12.8. The predicted molar refractivity (Wildman–Crippen MR) is 45.4 cm³/mol. The van der Waals surface area contributed by atoms with Gasteiger partial charge in [-0.05, 0) is 20.8 Å². The Kier molecular flexibility index (Phi) is 2.24. The summed E-state index contributed by atoms with van der Waals surface area (Å²) in [6, 6.07) is 0. The number of hydrogen-bond acceptors (Lipinski definition) is 2. The van der Waals surface area contributed by atoms with Gasteiger partial charge in [-0.2, -0.15) is 0 Å². The Labute approximate surface area is 76.2 Å². The fourth-order valence-corrected chi connectivity index (χ4v) is 1.13. The minimum atomic E-state index is -0.838. The van der Waals surface area contributed by atoms with E-state index in [9.17, 15) is 14.0 Å². The van der Waals surface area contributed by atoms with Gasteiger partial charge in [0.15, 0.2) is 5.83 Å². The fraction of sp³-hybridized carbons (Fsp3) is 0.556. The number of carbonyl (C=O) groups excluding carboxylic acids is 2. The molecule has 13 heavy (non-hydrogen) atoms. The van der Waals surface area contributed by atoms with Gasteiger partial charge in [-0.3, -0.25) is 9.59 Å². The molecule has 0 saturated heterocycles. The van der Waals surface area contributed by atoms with Crippen molar-refractivity contribution in [2.45, 2.75) is 32.7 Å². The van der Waals surface area contributed by atoms with E-state index in [0.717, 1.165) is 6.20 Å². The van der Waals surface area contributed by atoms with E-state index in [-0.39, 0.29) is 12.3 Å². The Bertz CT molecular complexity index is 288. The molecule has 0 radical (unpaired) electrons. The minimum absolute atomic E-state index is 0.348. The van der Waals surface area contributed by atoms with Gasteiger partial charge in [-0.25, -0.2) is 4.39 Å². The summed E-state index contributed by atoms with van der Waals surface area (Å²) in [6.07, 6.45) is 0.619. The van der Waals surface area contributed by atoms with Crippen LogP contribution in [-0.4, -0.2) is 22.1 Å². The molecule has 0 spiro atoms. The zero-order valence-electron chi connectivity index (χ0n) is 7.93. The number of nitrogens with zero attached hydrogens (tertiary/aromatic N) is 1. The second-order valence-electron chi connectivity index (χ2n) is 4.01. The van der Waals surface area contributed by atoms with Crippen molar-refractivity contribution < 1.29 is 14.0 Å². The van der Waals surface area contributed by atoms with Crippen LogP contribution < -0.4 is 0 Å². The van der Waals surface area contributed by atoms with Crippen molar-refractivity contribution in [1.82, 2.24) is 4.90 Å². The number of carbonyl (C=O) groups is 2. The van der Waals surface area contributed by atoms with E-state index in [1.165, 1.54) is 4.90 Å². The lowest BCUT2D eigenvalue weighted by Crippen LogP contribution is -2.45. The van der Waals surface area contributed by atoms with Crippen LogP contribution >= 0.6 is 0 Å². The van der Waals surface area contributed by atoms with Crippen molar-refractivity contribution in [3.63, 3.8) is 0 Å². The smallest absolute Gasteiger partial charge is 0.235 e. The summed E-state index contributed by atoms with van der Waals surface area (Å²) in [4.78, 5) is 23.3. The first-order valence-electron chi connectivity index (χ1n) is 4.05. The number of allylic oxidation sites excluding steroid dienone is 1. The molecular weight excluding hydrogens is 173 g/mol. The molecule has 1 aliphatic rings. The fourth-order valence-electron chi connectivity index (χ4n) is 1.13. The van der Waals surface area contributed by atoms with Crippen LogP contribution in [0.15, 0.2) is 12.0 Å². The van der Waals surface area contributed by atoms with E-state index >= 15 is 0 Å². The largest absolute Gasteiger partial charge is 0.310 e. The summed E-state index contributed by atoms with van der Waals surface area (Å²) >= 11 is 0. The molecule has 1 amide bonds. The van der Waals surface area contributed by atoms with E-state index in [2.05, 4.69) is 0 Å². The highest BCUT2D eigenvalue weighted by Crippen LogP contribution is 2.22. The molecule has 0 unspecified atom stereocenters. The summed E-state index contributed by atoms with van der Waals surface area (Å²) in [5, 5.41) is 0. The molecule has 3 nitrogen and oxygen atoms in total. The predicted octanol–water partition coefficient (Wildman–Crippen LogP) is 1.40. The van der Waals surface area contributed by atoms with Crippen LogP contribution in [0, 0.1) is 0 Å². The lowest BCUT2D eigenvalue weighted by Gasteiger charge is -2.34. The zero-order valence-corrected chi connectivity index (χ0v) is 7.93. The Morgan fingerprint density at radius 3 is 2.38 bits per heavy atom. The van der Waals surface area contributed by atoms with Gasteiger partial charge in [0.05, 0.1) is 6.42 Å². The second kappa shape index (κ2) is 2.94. The van der Waals surface area contributed by atoms with Crippen LogP contribution in [0.25, 0.3) is 0 Å². The van der Waals surface area contributed by atoms with Crippen LogP contribution in [0.5, 0.6) is 0 Å². The molecule has 0 N–H and O–H groups in total. The van der Waals surface area contributed by atoms with Gasteiger partial charge < -0.3 is 4.90 Å². The van der Waals surface area contributed by atoms with E-state index in [4.69, 9.17) is 0 Å². The maximum Gasteiger partial charge on any atom is 0.235 e. The summed E-state index contributed by atoms with van der Waals surface area (Å²) in [5.74, 6) is -1.92. The molecule has 72 valence electrons. The standard InChI is InChI=1S/C9H12FNO2/c1-9(2,3)11-5-6(10)7(12)4-8(11)13/h5H,4H2,1-3H3. The highest BCUT2D eigenvalue weighted by Gasteiger charge is 2.32. The highest BCUT2D eigenvalue weighted by atomic mass is 19.1. The van der Waals surface area contributed by atoms with Crippen LogP contribution in [0.2, 0.25) is 0 Å². The van der Waals surface area contributed by atoms with Crippen LogP contribution in [0.4, 0.5) is 4.39 Å². The molecule has 0 bridgehead atoms. The van der Waals surface area contributed by atoms with Crippen molar-refractivity contribution in [3.8, 4) is 0 Å². The first kappa shape index (κ1) is 9.89. The van der Waals surface area contributed by atoms with Crippen molar-refractivity contribution in [2.24, 2.45) is 0 Å². The Morgan fingerprint density at radius 1 is 1.38 bits per heavy atom. The first-order chi connectivity index (χ1) is 5.82. The summed E-state index contributed by atoms with van der Waals surface area (Å²) in [5.41, 5.74) is -0.477. The lowest BCUT2D eigenvalue weighted by atomic mass is 10.0. The molecule has 0 atom stereocenters. The minimum Gasteiger partial charge on any atom is -0.310 e. The third-order valence-electron chi connectivity index (χ3n) is 1.81. The molecule has 1 heterocycles. The Balaban J connectivity index is 3.01. The molecule has 4 heteroatoms. The molecule has 0 aliphatic carbocycles. The monoisotopic (exact) mass is 185 g/mol. The van der Waals surface area contributed by atoms with Crippen LogP contribution in [-0.2, 0) is 9.59 Å². The highest BCUT2D eigenvalue weighted by molar-refractivity contribution is 6.08. The number of halogens is 1. The zero-order chi connectivity index (χ0) is 10.2. The molecule has 0 saturated carbocycles. The Hall–Kier alpha value is -1.19. The van der Waals surface area contributed by atoms with Crippen molar-refractivity contribution >= 4 is 11.7 Å². The van der Waals surface area contributed by atoms with Gasteiger partial charge in [0, 0.05) is 11.7 Å². The van der Waals surface area contributed by atoms with Gasteiger partial charge in [0.25, 0.3) is 0 Å². The first-order valence-corrected chi connectivity index (χ1v) is 4.05.